The van der Waals surface area contributed by atoms with Crippen molar-refractivity contribution < 1.29 is 19.1 Å². The minimum atomic E-state index is -0.691. The molecule has 1 aromatic carbocycles. The topological polar surface area (TPSA) is 65.0 Å². The van der Waals surface area contributed by atoms with Crippen molar-refractivity contribution in [2.24, 2.45) is 11.8 Å². The molecular weight excluding hydrogens is 349 g/mol. The zero-order chi connectivity index (χ0) is 18.8. The number of hydroxylamine groups is 1. The van der Waals surface area contributed by atoms with E-state index in [1.165, 1.54) is 25.3 Å². The van der Waals surface area contributed by atoms with E-state index in [-0.39, 0.29) is 11.2 Å². The van der Waals surface area contributed by atoms with Crippen LogP contribution in [0.5, 0.6) is 0 Å². The third kappa shape index (κ3) is 2.97. The average molecular weight is 375 g/mol. The second kappa shape index (κ2) is 6.24. The van der Waals surface area contributed by atoms with E-state index in [0.717, 1.165) is 36.8 Å². The van der Waals surface area contributed by atoms with Gasteiger partial charge in [0, 0.05) is 37.8 Å². The molecule has 2 saturated heterocycles. The van der Waals surface area contributed by atoms with Gasteiger partial charge in [0.05, 0.1) is 11.7 Å². The molecule has 7 heteroatoms. The van der Waals surface area contributed by atoms with Crippen LogP contribution < -0.4 is 5.48 Å². The quantitative estimate of drug-likeness (QED) is 0.628. The minimum Gasteiger partial charge on any atom is -0.370 e. The summed E-state index contributed by atoms with van der Waals surface area (Å²) in [6.45, 7) is 1.81. The lowest BCUT2D eigenvalue weighted by Crippen LogP contribution is -2.61. The molecule has 0 radical (unpaired) electrons. The van der Waals surface area contributed by atoms with Crippen LogP contribution in [0, 0.1) is 17.7 Å². The molecule has 3 aliphatic heterocycles. The average Bonchev–Trinajstić information content (AvgIpc) is 2.60. The zero-order valence-electron chi connectivity index (χ0n) is 15.6. The van der Waals surface area contributed by atoms with Crippen LogP contribution in [-0.2, 0) is 17.8 Å². The third-order valence-corrected chi connectivity index (χ3v) is 6.94. The maximum Gasteiger partial charge on any atom is 0.274 e. The molecule has 1 amide bonds. The van der Waals surface area contributed by atoms with Gasteiger partial charge in [-0.3, -0.25) is 10.0 Å². The van der Waals surface area contributed by atoms with E-state index in [9.17, 15) is 9.18 Å². The van der Waals surface area contributed by atoms with Gasteiger partial charge < -0.3 is 4.74 Å². The molecule has 2 saturated carbocycles. The van der Waals surface area contributed by atoms with E-state index in [1.807, 2.05) is 7.05 Å². The standard InChI is InChI=1S/C20H26FN3O3/c1-23-9-15-5-14(19(25)22-26)6-18(21)17(15)10-24(23)11-20-7-12-2-13(8-20)4-16(3-12)27-20/h5-6,12-13,16,26H,2-4,7-11H2,1H3,(H,22,25). The van der Waals surface area contributed by atoms with Gasteiger partial charge in [-0.2, -0.15) is 0 Å². The molecule has 4 fully saturated rings. The van der Waals surface area contributed by atoms with Gasteiger partial charge in [0.2, 0.25) is 0 Å². The first-order chi connectivity index (χ1) is 12.9. The Bertz CT molecular complexity index is 749. The van der Waals surface area contributed by atoms with Crippen LogP contribution in [0.15, 0.2) is 12.1 Å². The number of carbonyl (C=O) groups is 1. The van der Waals surface area contributed by atoms with Crippen molar-refractivity contribution in [2.75, 3.05) is 13.6 Å². The summed E-state index contributed by atoms with van der Waals surface area (Å²) in [5.74, 6) is 0.490. The van der Waals surface area contributed by atoms with Crippen molar-refractivity contribution in [1.29, 1.82) is 0 Å². The predicted octanol–water partition coefficient (Wildman–Crippen LogP) is 2.45. The number of nitrogens with one attached hydrogen (secondary N) is 1. The van der Waals surface area contributed by atoms with Gasteiger partial charge in [-0.1, -0.05) is 0 Å². The number of hydrogen-bond donors (Lipinski definition) is 2. The molecule has 4 bridgehead atoms. The molecule has 5 aliphatic rings. The van der Waals surface area contributed by atoms with Crippen molar-refractivity contribution in [3.05, 3.63) is 34.6 Å². The van der Waals surface area contributed by atoms with Gasteiger partial charge in [0.25, 0.3) is 5.91 Å². The molecule has 6 rings (SSSR count). The van der Waals surface area contributed by atoms with Crippen LogP contribution in [0.4, 0.5) is 4.39 Å². The van der Waals surface area contributed by atoms with E-state index in [1.54, 1.807) is 11.5 Å². The highest BCUT2D eigenvalue weighted by Crippen LogP contribution is 2.53. The highest BCUT2D eigenvalue weighted by atomic mass is 19.1. The Labute approximate surface area is 158 Å². The van der Waals surface area contributed by atoms with E-state index >= 15 is 0 Å². The van der Waals surface area contributed by atoms with Gasteiger partial charge in [0.1, 0.15) is 5.82 Å². The lowest BCUT2D eigenvalue weighted by molar-refractivity contribution is -0.240. The molecule has 146 valence electrons. The molecular formula is C20H26FN3O3. The first-order valence-electron chi connectivity index (χ1n) is 9.84. The number of ether oxygens (including phenoxy) is 1. The lowest BCUT2D eigenvalue weighted by Gasteiger charge is -2.58. The van der Waals surface area contributed by atoms with E-state index in [4.69, 9.17) is 9.94 Å². The Morgan fingerprint density at radius 2 is 2.04 bits per heavy atom. The van der Waals surface area contributed by atoms with Crippen LogP contribution in [0.25, 0.3) is 0 Å². The van der Waals surface area contributed by atoms with Crippen molar-refractivity contribution >= 4 is 5.91 Å². The fourth-order valence-electron chi connectivity index (χ4n) is 6.05. The summed E-state index contributed by atoms with van der Waals surface area (Å²) < 4.78 is 21.2. The molecule has 2 aliphatic carbocycles. The summed E-state index contributed by atoms with van der Waals surface area (Å²) in [6.07, 6.45) is 6.42. The van der Waals surface area contributed by atoms with Gasteiger partial charge in [-0.15, -0.1) is 0 Å². The van der Waals surface area contributed by atoms with Gasteiger partial charge in [0.15, 0.2) is 0 Å². The Kier molecular flexibility index (Phi) is 4.05. The summed E-state index contributed by atoms with van der Waals surface area (Å²) in [7, 11) is 2.00. The maximum atomic E-state index is 14.7. The molecule has 3 heterocycles. The molecule has 2 atom stereocenters. The number of halogens is 1. The molecule has 0 spiro atoms. The van der Waals surface area contributed by atoms with Crippen molar-refractivity contribution in [2.45, 2.75) is 56.9 Å². The van der Waals surface area contributed by atoms with Gasteiger partial charge in [-0.25, -0.2) is 19.9 Å². The molecule has 0 aromatic heterocycles. The van der Waals surface area contributed by atoms with Crippen LogP contribution in [0.2, 0.25) is 0 Å². The van der Waals surface area contributed by atoms with Crippen LogP contribution in [-0.4, -0.2) is 46.4 Å². The second-order valence-electron chi connectivity index (χ2n) is 8.95. The largest absolute Gasteiger partial charge is 0.370 e. The Morgan fingerprint density at radius 1 is 1.30 bits per heavy atom. The summed E-state index contributed by atoms with van der Waals surface area (Å²) in [5.41, 5.74) is 3.05. The molecule has 27 heavy (non-hydrogen) atoms. The zero-order valence-corrected chi connectivity index (χ0v) is 15.6. The number of fused-ring (bicyclic) bond motifs is 1. The predicted molar refractivity (Wildman–Crippen MR) is 95.2 cm³/mol. The van der Waals surface area contributed by atoms with Gasteiger partial charge in [-0.05, 0) is 61.6 Å². The summed E-state index contributed by atoms with van der Waals surface area (Å²) in [5, 5.41) is 13.1. The van der Waals surface area contributed by atoms with Gasteiger partial charge >= 0.3 is 0 Å². The SMILES string of the molecule is CN1Cc2cc(C(=O)NO)cc(F)c2CN1CC12CC3CC(CC(C3)O1)C2. The number of nitrogens with zero attached hydrogens (tertiary/aromatic N) is 2. The minimum absolute atomic E-state index is 0.0896. The van der Waals surface area contributed by atoms with E-state index in [0.29, 0.717) is 24.8 Å². The fourth-order valence-corrected chi connectivity index (χ4v) is 6.05. The van der Waals surface area contributed by atoms with Crippen LogP contribution in [0.1, 0.15) is 53.6 Å². The van der Waals surface area contributed by atoms with Crippen LogP contribution >= 0.6 is 0 Å². The number of hydrogen-bond acceptors (Lipinski definition) is 5. The molecule has 2 N–H and O–H groups in total. The highest BCUT2D eigenvalue weighted by molar-refractivity contribution is 5.93. The number of carbonyl (C=O) groups excluding carboxylic acids is 1. The normalized spacial score (nSPS) is 35.3. The molecule has 2 unspecified atom stereocenters. The molecule has 1 aromatic rings. The van der Waals surface area contributed by atoms with Crippen LogP contribution in [0.3, 0.4) is 0 Å². The van der Waals surface area contributed by atoms with E-state index < -0.39 is 11.7 Å². The Morgan fingerprint density at radius 3 is 2.70 bits per heavy atom. The first-order valence-corrected chi connectivity index (χ1v) is 9.84. The summed E-state index contributed by atoms with van der Waals surface area (Å²) in [6, 6.07) is 2.87. The number of rotatable bonds is 3. The van der Waals surface area contributed by atoms with Crippen molar-refractivity contribution in [1.82, 2.24) is 15.5 Å². The Balaban J connectivity index is 1.38. The number of amides is 1. The maximum absolute atomic E-state index is 14.7. The highest BCUT2D eigenvalue weighted by Gasteiger charge is 2.53. The fraction of sp³-hybridized carbons (Fsp3) is 0.650. The van der Waals surface area contributed by atoms with Crippen molar-refractivity contribution in [3.63, 3.8) is 0 Å². The summed E-state index contributed by atoms with van der Waals surface area (Å²) in [4.78, 5) is 11.6. The second-order valence-corrected chi connectivity index (χ2v) is 8.95. The smallest absolute Gasteiger partial charge is 0.274 e. The van der Waals surface area contributed by atoms with E-state index in [2.05, 4.69) is 10.0 Å². The van der Waals surface area contributed by atoms with Crippen molar-refractivity contribution in [3.8, 4) is 0 Å². The number of benzene rings is 1. The monoisotopic (exact) mass is 375 g/mol. The lowest BCUT2D eigenvalue weighted by atomic mass is 9.62. The Hall–Kier alpha value is -1.54. The summed E-state index contributed by atoms with van der Waals surface area (Å²) >= 11 is 0. The number of hydrazine groups is 1. The first kappa shape index (κ1) is 17.6. The molecule has 6 nitrogen and oxygen atoms in total. The third-order valence-electron chi connectivity index (χ3n) is 6.94.